The van der Waals surface area contributed by atoms with Crippen LogP contribution in [0.5, 0.6) is 0 Å². The first kappa shape index (κ1) is 15.7. The van der Waals surface area contributed by atoms with Crippen LogP contribution < -0.4 is 5.32 Å². The van der Waals surface area contributed by atoms with Crippen molar-refractivity contribution in [3.8, 4) is 0 Å². The van der Waals surface area contributed by atoms with E-state index >= 15 is 0 Å². The van der Waals surface area contributed by atoms with Crippen LogP contribution in [-0.2, 0) is 0 Å². The van der Waals surface area contributed by atoms with Gasteiger partial charge in [-0.1, -0.05) is 0 Å². The molecule has 2 aliphatic rings. The van der Waals surface area contributed by atoms with Crippen molar-refractivity contribution >= 4 is 44.4 Å². The van der Waals surface area contributed by atoms with Crippen molar-refractivity contribution in [3.05, 3.63) is 31.8 Å². The normalized spacial score (nSPS) is 28.6. The summed E-state index contributed by atoms with van der Waals surface area (Å²) in [7, 11) is 2.25. The third-order valence-corrected chi connectivity index (χ3v) is 6.28. The Bertz CT molecular complexity index is 537. The zero-order chi connectivity index (χ0) is 15.0. The lowest BCUT2D eigenvalue weighted by molar-refractivity contribution is 0.0916. The molecule has 2 unspecified atom stereocenters. The Morgan fingerprint density at radius 2 is 2.05 bits per heavy atom. The first-order chi connectivity index (χ1) is 10.0. The van der Waals surface area contributed by atoms with Crippen molar-refractivity contribution < 1.29 is 4.79 Å². The molecule has 0 aliphatic carbocycles. The van der Waals surface area contributed by atoms with Crippen LogP contribution in [0.25, 0.3) is 0 Å². The highest BCUT2D eigenvalue weighted by Gasteiger charge is 2.38. The molecule has 2 saturated heterocycles. The summed E-state index contributed by atoms with van der Waals surface area (Å²) in [6.45, 7) is 0.803. The summed E-state index contributed by atoms with van der Waals surface area (Å²) in [5, 5.41) is 3.13. The number of carbonyl (C=O) groups is 1. The van der Waals surface area contributed by atoms with Crippen molar-refractivity contribution in [3.63, 3.8) is 0 Å². The fraction of sp³-hybridized carbons (Fsp3) is 0.562. The fourth-order valence-electron chi connectivity index (χ4n) is 3.69. The lowest BCUT2D eigenvalue weighted by Gasteiger charge is -2.36. The number of fused-ring (bicyclic) bond motifs is 2. The predicted molar refractivity (Wildman–Crippen MR) is 96.5 cm³/mol. The van der Waals surface area contributed by atoms with Crippen molar-refractivity contribution in [2.75, 3.05) is 13.6 Å². The fourth-order valence-corrected chi connectivity index (χ4v) is 4.61. The van der Waals surface area contributed by atoms with E-state index in [1.54, 1.807) is 0 Å². The van der Waals surface area contributed by atoms with Crippen LogP contribution in [0.3, 0.4) is 0 Å². The second-order valence-corrected chi connectivity index (χ2v) is 8.32. The number of nitrogens with zero attached hydrogens (tertiary/aromatic N) is 1. The van der Waals surface area contributed by atoms with Gasteiger partial charge in [0.25, 0.3) is 5.91 Å². The average molecular weight is 463 g/mol. The molecule has 0 radical (unpaired) electrons. The van der Waals surface area contributed by atoms with Gasteiger partial charge < -0.3 is 10.2 Å². The third kappa shape index (κ3) is 3.45. The number of carbonyl (C=O) groups excluding carboxylic acids is 1. The highest BCUT2D eigenvalue weighted by molar-refractivity contribution is 14.1. The second-order valence-electron chi connectivity index (χ2n) is 6.22. The second kappa shape index (κ2) is 6.54. The highest BCUT2D eigenvalue weighted by atomic mass is 127. The molecule has 1 aromatic carbocycles. The number of nitrogens with one attached hydrogen (secondary N) is 1. The van der Waals surface area contributed by atoms with Gasteiger partial charge >= 0.3 is 0 Å². The van der Waals surface area contributed by atoms with Gasteiger partial charge in [-0.25, -0.2) is 0 Å². The Kier molecular flexibility index (Phi) is 4.90. The molecular weight excluding hydrogens is 443 g/mol. The monoisotopic (exact) mass is 462 g/mol. The standard InChI is InChI=1S/C16H20BrIN2O/c1-20-12-3-4-13(20)7-10(6-12)9-19-16(21)14-8-11(18)2-5-15(14)17/h2,5,8,10,12-13H,3-4,6-7,9H2,1H3,(H,19,21). The molecule has 0 aromatic heterocycles. The van der Waals surface area contributed by atoms with E-state index in [9.17, 15) is 4.79 Å². The third-order valence-electron chi connectivity index (χ3n) is 4.92. The zero-order valence-electron chi connectivity index (χ0n) is 12.1. The van der Waals surface area contributed by atoms with Crippen LogP contribution in [0.2, 0.25) is 0 Å². The SMILES string of the molecule is CN1C2CCC1CC(CNC(=O)c1cc(I)ccc1Br)C2. The van der Waals surface area contributed by atoms with Gasteiger partial charge in [-0.05, 0) is 95.4 Å². The minimum absolute atomic E-state index is 0.0340. The zero-order valence-corrected chi connectivity index (χ0v) is 15.9. The maximum Gasteiger partial charge on any atom is 0.252 e. The number of benzene rings is 1. The summed E-state index contributed by atoms with van der Waals surface area (Å²) >= 11 is 5.70. The van der Waals surface area contributed by atoms with E-state index in [1.165, 1.54) is 25.7 Å². The largest absolute Gasteiger partial charge is 0.352 e. The van der Waals surface area contributed by atoms with E-state index in [0.717, 1.165) is 32.2 Å². The Morgan fingerprint density at radius 1 is 1.38 bits per heavy atom. The predicted octanol–water partition coefficient (Wildman–Crippen LogP) is 3.66. The molecule has 2 fully saturated rings. The Labute approximate surface area is 148 Å². The molecule has 2 heterocycles. The summed E-state index contributed by atoms with van der Waals surface area (Å²) in [6.07, 6.45) is 5.10. The van der Waals surface area contributed by atoms with E-state index in [1.807, 2.05) is 18.2 Å². The number of hydrogen-bond donors (Lipinski definition) is 1. The van der Waals surface area contributed by atoms with Crippen LogP contribution in [0.15, 0.2) is 22.7 Å². The molecule has 1 amide bonds. The molecule has 2 aliphatic heterocycles. The average Bonchev–Trinajstić information content (AvgIpc) is 2.69. The van der Waals surface area contributed by atoms with Gasteiger partial charge in [-0.2, -0.15) is 0 Å². The van der Waals surface area contributed by atoms with Crippen molar-refractivity contribution in [1.29, 1.82) is 0 Å². The van der Waals surface area contributed by atoms with Gasteiger partial charge in [0.05, 0.1) is 5.56 Å². The molecule has 5 heteroatoms. The maximum absolute atomic E-state index is 12.3. The number of amides is 1. The lowest BCUT2D eigenvalue weighted by Crippen LogP contribution is -2.43. The molecule has 2 bridgehead atoms. The molecule has 3 nitrogen and oxygen atoms in total. The van der Waals surface area contributed by atoms with Crippen molar-refractivity contribution in [1.82, 2.24) is 10.2 Å². The summed E-state index contributed by atoms with van der Waals surface area (Å²) in [6, 6.07) is 7.33. The Balaban J connectivity index is 1.58. The quantitative estimate of drug-likeness (QED) is 0.695. The van der Waals surface area contributed by atoms with Crippen LogP contribution in [0, 0.1) is 9.49 Å². The molecule has 0 spiro atoms. The highest BCUT2D eigenvalue weighted by Crippen LogP contribution is 2.37. The molecule has 1 N–H and O–H groups in total. The first-order valence-corrected chi connectivity index (χ1v) is 9.37. The number of hydrogen-bond acceptors (Lipinski definition) is 2. The van der Waals surface area contributed by atoms with Crippen molar-refractivity contribution in [2.45, 2.75) is 37.8 Å². The molecule has 21 heavy (non-hydrogen) atoms. The van der Waals surface area contributed by atoms with E-state index in [0.29, 0.717) is 5.92 Å². The van der Waals surface area contributed by atoms with Gasteiger partial charge in [-0.15, -0.1) is 0 Å². The summed E-state index contributed by atoms with van der Waals surface area (Å²) in [4.78, 5) is 14.9. The van der Waals surface area contributed by atoms with Gasteiger partial charge in [-0.3, -0.25) is 4.79 Å². The van der Waals surface area contributed by atoms with E-state index in [-0.39, 0.29) is 5.91 Å². The molecule has 3 rings (SSSR count). The Hall–Kier alpha value is -0.140. The minimum atomic E-state index is 0.0340. The van der Waals surface area contributed by atoms with Gasteiger partial charge in [0, 0.05) is 26.7 Å². The molecule has 0 saturated carbocycles. The molecule has 114 valence electrons. The molecule has 2 atom stereocenters. The van der Waals surface area contributed by atoms with Crippen LogP contribution in [0.4, 0.5) is 0 Å². The Morgan fingerprint density at radius 3 is 2.71 bits per heavy atom. The number of rotatable bonds is 3. The number of halogens is 2. The van der Waals surface area contributed by atoms with Crippen LogP contribution in [-0.4, -0.2) is 36.5 Å². The number of piperidine rings is 1. The first-order valence-electron chi connectivity index (χ1n) is 7.50. The van der Waals surface area contributed by atoms with Crippen molar-refractivity contribution in [2.24, 2.45) is 5.92 Å². The van der Waals surface area contributed by atoms with Gasteiger partial charge in [0.1, 0.15) is 0 Å². The topological polar surface area (TPSA) is 32.3 Å². The van der Waals surface area contributed by atoms with Gasteiger partial charge in [0.2, 0.25) is 0 Å². The van der Waals surface area contributed by atoms with Crippen LogP contribution in [0.1, 0.15) is 36.0 Å². The summed E-state index contributed by atoms with van der Waals surface area (Å²) in [5.41, 5.74) is 0.734. The lowest BCUT2D eigenvalue weighted by atomic mass is 9.91. The van der Waals surface area contributed by atoms with Crippen LogP contribution >= 0.6 is 38.5 Å². The summed E-state index contributed by atoms with van der Waals surface area (Å²) in [5.74, 6) is 0.663. The van der Waals surface area contributed by atoms with Gasteiger partial charge in [0.15, 0.2) is 0 Å². The molecule has 1 aromatic rings. The van der Waals surface area contributed by atoms with E-state index < -0.39 is 0 Å². The van der Waals surface area contributed by atoms with E-state index in [4.69, 9.17) is 0 Å². The molecular formula is C16H20BrIN2O. The van der Waals surface area contributed by atoms with E-state index in [2.05, 4.69) is 55.8 Å². The maximum atomic E-state index is 12.3. The smallest absolute Gasteiger partial charge is 0.252 e. The minimum Gasteiger partial charge on any atom is -0.352 e. The summed E-state index contributed by atoms with van der Waals surface area (Å²) < 4.78 is 1.95.